The van der Waals surface area contributed by atoms with Crippen LogP contribution in [-0.2, 0) is 0 Å². The Morgan fingerprint density at radius 3 is 2.33 bits per heavy atom. The van der Waals surface area contributed by atoms with E-state index >= 15 is 0 Å². The molecule has 0 saturated carbocycles. The van der Waals surface area contributed by atoms with Crippen molar-refractivity contribution in [3.05, 3.63) is 105 Å². The van der Waals surface area contributed by atoms with Crippen molar-refractivity contribution in [3.8, 4) is 16.8 Å². The van der Waals surface area contributed by atoms with Crippen LogP contribution < -0.4 is 5.56 Å². The smallest absolute Gasteiger partial charge is 0.262 e. The highest BCUT2D eigenvalue weighted by molar-refractivity contribution is 6.30. The Labute approximate surface area is 161 Å². The lowest BCUT2D eigenvalue weighted by atomic mass is 9.96. The number of rotatable bonds is 2. The lowest BCUT2D eigenvalue weighted by molar-refractivity contribution is 0.997. The Morgan fingerprint density at radius 1 is 0.963 bits per heavy atom. The number of hydrogen-bond donors (Lipinski definition) is 0. The molecule has 0 aliphatic rings. The fourth-order valence-electron chi connectivity index (χ4n) is 3.35. The molecule has 0 amide bonds. The van der Waals surface area contributed by atoms with E-state index in [9.17, 15) is 4.79 Å². The number of aryl methyl sites for hydroxylation is 1. The summed E-state index contributed by atoms with van der Waals surface area (Å²) >= 11 is 5.97. The number of benzene rings is 3. The zero-order valence-electron chi connectivity index (χ0n) is 14.6. The lowest BCUT2D eigenvalue weighted by Gasteiger charge is -2.14. The summed E-state index contributed by atoms with van der Waals surface area (Å²) in [5.74, 6) is 0. The average molecular weight is 371 g/mol. The molecule has 4 heteroatoms. The van der Waals surface area contributed by atoms with Crippen molar-refractivity contribution in [2.75, 3.05) is 0 Å². The van der Waals surface area contributed by atoms with Crippen molar-refractivity contribution in [1.82, 2.24) is 4.57 Å². The van der Waals surface area contributed by atoms with Crippen molar-refractivity contribution in [2.24, 2.45) is 0 Å². The number of fused-ring (bicyclic) bond motifs is 1. The first-order chi connectivity index (χ1) is 13.1. The van der Waals surface area contributed by atoms with E-state index in [1.165, 1.54) is 0 Å². The molecule has 0 aliphatic carbocycles. The van der Waals surface area contributed by atoms with Crippen LogP contribution in [0.2, 0.25) is 5.02 Å². The molecular weight excluding hydrogens is 356 g/mol. The number of pyridine rings is 1. The number of nitrogens with zero attached hydrogens (tertiary/aromatic N) is 2. The van der Waals surface area contributed by atoms with Gasteiger partial charge in [-0.3, -0.25) is 9.36 Å². The topological polar surface area (TPSA) is 26.4 Å². The van der Waals surface area contributed by atoms with E-state index in [0.717, 1.165) is 27.8 Å². The first-order valence-electron chi connectivity index (χ1n) is 8.47. The van der Waals surface area contributed by atoms with Gasteiger partial charge >= 0.3 is 0 Å². The van der Waals surface area contributed by atoms with Gasteiger partial charge in [-0.15, -0.1) is 0 Å². The second-order valence-corrected chi connectivity index (χ2v) is 6.79. The summed E-state index contributed by atoms with van der Waals surface area (Å²) in [6.45, 7) is 9.11. The summed E-state index contributed by atoms with van der Waals surface area (Å²) in [5, 5.41) is 2.23. The summed E-state index contributed by atoms with van der Waals surface area (Å²) < 4.78 is 1.65. The summed E-state index contributed by atoms with van der Waals surface area (Å²) in [7, 11) is 0. The molecule has 4 aromatic rings. The van der Waals surface area contributed by atoms with Gasteiger partial charge in [-0.25, -0.2) is 4.85 Å². The van der Waals surface area contributed by atoms with Gasteiger partial charge in [0.2, 0.25) is 0 Å². The molecule has 0 bridgehead atoms. The minimum atomic E-state index is -0.0717. The molecule has 0 atom stereocenters. The SMILES string of the molecule is [C-]#[N+]c1ccc(-c2cccc3c(=O)n(-c4ccc(Cl)cc4)cc(C)c23)cc1. The zero-order chi connectivity index (χ0) is 19.0. The molecule has 1 aromatic heterocycles. The standard InChI is InChI=1S/C23H15ClN2O/c1-15-14-26(19-12-8-17(24)9-13-19)23(27)21-5-3-4-20(22(15)21)16-6-10-18(25-2)11-7-16/h3-14H,1H3. The number of halogens is 1. The molecule has 3 aromatic carbocycles. The van der Waals surface area contributed by atoms with E-state index in [-0.39, 0.29) is 5.56 Å². The highest BCUT2D eigenvalue weighted by atomic mass is 35.5. The van der Waals surface area contributed by atoms with Gasteiger partial charge in [0.1, 0.15) is 0 Å². The monoisotopic (exact) mass is 370 g/mol. The van der Waals surface area contributed by atoms with Gasteiger partial charge < -0.3 is 0 Å². The first-order valence-corrected chi connectivity index (χ1v) is 8.85. The zero-order valence-corrected chi connectivity index (χ0v) is 15.4. The van der Waals surface area contributed by atoms with E-state index in [2.05, 4.69) is 4.85 Å². The van der Waals surface area contributed by atoms with E-state index in [1.807, 2.05) is 55.6 Å². The fourth-order valence-corrected chi connectivity index (χ4v) is 3.48. The van der Waals surface area contributed by atoms with Gasteiger partial charge in [0.25, 0.3) is 5.56 Å². The number of aromatic nitrogens is 1. The Balaban J connectivity index is 1.97. The predicted molar refractivity (Wildman–Crippen MR) is 111 cm³/mol. The van der Waals surface area contributed by atoms with Crippen LogP contribution in [0.15, 0.2) is 77.7 Å². The Kier molecular flexibility index (Phi) is 4.27. The molecule has 130 valence electrons. The molecule has 4 rings (SSSR count). The fraction of sp³-hybridized carbons (Fsp3) is 0.0435. The quantitative estimate of drug-likeness (QED) is 0.387. The van der Waals surface area contributed by atoms with Crippen LogP contribution in [0.1, 0.15) is 5.56 Å². The van der Waals surface area contributed by atoms with Crippen LogP contribution in [-0.4, -0.2) is 4.57 Å². The molecule has 0 spiro atoms. The molecular formula is C23H15ClN2O. The van der Waals surface area contributed by atoms with Crippen molar-refractivity contribution < 1.29 is 0 Å². The molecule has 0 radical (unpaired) electrons. The largest absolute Gasteiger partial charge is 0.284 e. The maximum Gasteiger partial charge on any atom is 0.262 e. The van der Waals surface area contributed by atoms with E-state index in [0.29, 0.717) is 16.1 Å². The Bertz CT molecular complexity index is 1250. The van der Waals surface area contributed by atoms with Crippen LogP contribution in [0.4, 0.5) is 5.69 Å². The molecule has 0 saturated heterocycles. The Morgan fingerprint density at radius 2 is 1.67 bits per heavy atom. The molecule has 1 heterocycles. The van der Waals surface area contributed by atoms with E-state index in [1.54, 1.807) is 28.8 Å². The normalized spacial score (nSPS) is 10.7. The van der Waals surface area contributed by atoms with Crippen LogP contribution in [0.5, 0.6) is 0 Å². The second kappa shape index (κ2) is 6.75. The third-order valence-corrected chi connectivity index (χ3v) is 4.89. The van der Waals surface area contributed by atoms with Gasteiger partial charge in [-0.05, 0) is 59.3 Å². The van der Waals surface area contributed by atoms with E-state index in [4.69, 9.17) is 18.2 Å². The van der Waals surface area contributed by atoms with Crippen LogP contribution in [0.3, 0.4) is 0 Å². The van der Waals surface area contributed by atoms with E-state index < -0.39 is 0 Å². The van der Waals surface area contributed by atoms with Crippen molar-refractivity contribution in [1.29, 1.82) is 0 Å². The molecule has 27 heavy (non-hydrogen) atoms. The average Bonchev–Trinajstić information content (AvgIpc) is 2.71. The molecule has 3 nitrogen and oxygen atoms in total. The number of hydrogen-bond acceptors (Lipinski definition) is 1. The van der Waals surface area contributed by atoms with Gasteiger partial charge in [-0.2, -0.15) is 0 Å². The van der Waals surface area contributed by atoms with Gasteiger partial charge in [0.15, 0.2) is 5.69 Å². The summed E-state index contributed by atoms with van der Waals surface area (Å²) in [5.41, 5.74) is 4.28. The minimum Gasteiger partial charge on any atom is -0.284 e. The highest BCUT2D eigenvalue weighted by Crippen LogP contribution is 2.31. The third-order valence-electron chi connectivity index (χ3n) is 4.64. The molecule has 0 unspecified atom stereocenters. The van der Waals surface area contributed by atoms with Crippen LogP contribution in [0.25, 0.3) is 32.4 Å². The van der Waals surface area contributed by atoms with Crippen LogP contribution in [0, 0.1) is 13.5 Å². The highest BCUT2D eigenvalue weighted by Gasteiger charge is 2.12. The second-order valence-electron chi connectivity index (χ2n) is 6.35. The van der Waals surface area contributed by atoms with Gasteiger partial charge in [-0.1, -0.05) is 48.0 Å². The van der Waals surface area contributed by atoms with Crippen molar-refractivity contribution in [3.63, 3.8) is 0 Å². The Hall–Kier alpha value is -3.35. The first kappa shape index (κ1) is 17.1. The van der Waals surface area contributed by atoms with Crippen molar-refractivity contribution >= 4 is 28.1 Å². The van der Waals surface area contributed by atoms with Crippen LogP contribution >= 0.6 is 11.6 Å². The lowest BCUT2D eigenvalue weighted by Crippen LogP contribution is -2.18. The summed E-state index contributed by atoms with van der Waals surface area (Å²) in [6.07, 6.45) is 1.87. The van der Waals surface area contributed by atoms with Gasteiger partial charge in [0, 0.05) is 22.3 Å². The minimum absolute atomic E-state index is 0.0717. The molecule has 0 fully saturated rings. The maximum absolute atomic E-state index is 13.1. The maximum atomic E-state index is 13.1. The third kappa shape index (κ3) is 3.01. The van der Waals surface area contributed by atoms with Crippen molar-refractivity contribution in [2.45, 2.75) is 6.92 Å². The van der Waals surface area contributed by atoms with Gasteiger partial charge in [0.05, 0.1) is 6.57 Å². The summed E-state index contributed by atoms with van der Waals surface area (Å²) in [4.78, 5) is 16.6. The predicted octanol–water partition coefficient (Wildman–Crippen LogP) is 6.17. The molecule has 0 aliphatic heterocycles. The summed E-state index contributed by atoms with van der Waals surface area (Å²) in [6, 6.07) is 20.4. The molecule has 0 N–H and O–H groups in total.